The van der Waals surface area contributed by atoms with Crippen LogP contribution in [0.4, 0.5) is 0 Å². The first kappa shape index (κ1) is 17.5. The van der Waals surface area contributed by atoms with Crippen molar-refractivity contribution in [3.8, 4) is 0 Å². The normalized spacial score (nSPS) is 22.5. The van der Waals surface area contributed by atoms with Crippen LogP contribution in [0.5, 0.6) is 0 Å². The van der Waals surface area contributed by atoms with Gasteiger partial charge in [0.2, 0.25) is 5.91 Å². The first-order valence-corrected chi connectivity index (χ1v) is 8.11. The highest BCUT2D eigenvalue weighted by Gasteiger charge is 2.47. The van der Waals surface area contributed by atoms with Crippen molar-refractivity contribution in [3.05, 3.63) is 35.4 Å². The average Bonchev–Trinajstić information content (AvgIpc) is 2.81. The number of carbonyl (C=O) groups is 2. The van der Waals surface area contributed by atoms with Gasteiger partial charge in [-0.2, -0.15) is 0 Å². The summed E-state index contributed by atoms with van der Waals surface area (Å²) in [5, 5.41) is 9.00. The molecule has 23 heavy (non-hydrogen) atoms. The first-order valence-electron chi connectivity index (χ1n) is 8.11. The monoisotopic (exact) mass is 318 g/mol. The van der Waals surface area contributed by atoms with E-state index in [0.717, 1.165) is 11.1 Å². The highest BCUT2D eigenvalue weighted by molar-refractivity contribution is 5.94. The van der Waals surface area contributed by atoms with E-state index in [1.54, 1.807) is 10.4 Å². The Hall–Kier alpha value is -1.88. The van der Waals surface area contributed by atoms with Crippen LogP contribution in [0.1, 0.15) is 44.7 Å². The maximum atomic E-state index is 13.0. The minimum absolute atomic E-state index is 0.0457. The number of hydrogen-bond acceptors (Lipinski definition) is 3. The van der Waals surface area contributed by atoms with E-state index in [1.165, 1.54) is 0 Å². The minimum Gasteiger partial charge on any atom is -0.330 e. The van der Waals surface area contributed by atoms with Crippen molar-refractivity contribution < 1.29 is 14.8 Å². The van der Waals surface area contributed by atoms with E-state index in [2.05, 4.69) is 0 Å². The van der Waals surface area contributed by atoms with Crippen LogP contribution in [-0.4, -0.2) is 34.5 Å². The number of likely N-dealkylation sites (tertiary alicyclic amines) is 1. The fourth-order valence-corrected chi connectivity index (χ4v) is 3.25. The predicted molar refractivity (Wildman–Crippen MR) is 88.0 cm³/mol. The number of aryl methyl sites for hydroxylation is 1. The lowest BCUT2D eigenvalue weighted by Crippen LogP contribution is -2.49. The summed E-state index contributed by atoms with van der Waals surface area (Å²) in [4.78, 5) is 26.7. The standard InChI is InChI=1S/C18H26N2O3/c1-12(2)11-15(16(21)19-23)20-10-9-18(4,17(20)22)14-7-5-13(3)6-8-14/h5-8,12,15,23H,9-11H2,1-4H3,(H,19,21). The van der Waals surface area contributed by atoms with Gasteiger partial charge in [0.1, 0.15) is 6.04 Å². The van der Waals surface area contributed by atoms with Crippen molar-refractivity contribution in [2.75, 3.05) is 6.54 Å². The zero-order valence-corrected chi connectivity index (χ0v) is 14.3. The maximum Gasteiger partial charge on any atom is 0.266 e. The van der Waals surface area contributed by atoms with Crippen LogP contribution in [0.2, 0.25) is 0 Å². The second-order valence-corrected chi connectivity index (χ2v) is 7.07. The smallest absolute Gasteiger partial charge is 0.266 e. The Labute approximate surface area is 137 Å². The van der Waals surface area contributed by atoms with Crippen LogP contribution in [-0.2, 0) is 15.0 Å². The molecule has 0 radical (unpaired) electrons. The SMILES string of the molecule is Cc1ccc(C2(C)CCN(C(CC(C)C)C(=O)NO)C2=O)cc1. The molecule has 1 fully saturated rings. The van der Waals surface area contributed by atoms with Gasteiger partial charge in [0.15, 0.2) is 0 Å². The molecule has 1 aromatic rings. The van der Waals surface area contributed by atoms with E-state index in [4.69, 9.17) is 5.21 Å². The number of hydroxylamine groups is 1. The third-order valence-corrected chi connectivity index (χ3v) is 4.76. The molecule has 2 unspecified atom stereocenters. The lowest BCUT2D eigenvalue weighted by molar-refractivity contribution is -0.144. The second kappa shape index (κ2) is 6.71. The number of amides is 2. The van der Waals surface area contributed by atoms with Crippen LogP contribution in [0.15, 0.2) is 24.3 Å². The van der Waals surface area contributed by atoms with Crippen molar-refractivity contribution in [2.24, 2.45) is 5.92 Å². The van der Waals surface area contributed by atoms with Gasteiger partial charge < -0.3 is 4.90 Å². The first-order chi connectivity index (χ1) is 10.8. The fourth-order valence-electron chi connectivity index (χ4n) is 3.25. The van der Waals surface area contributed by atoms with Crippen molar-refractivity contribution in [3.63, 3.8) is 0 Å². The van der Waals surface area contributed by atoms with Crippen molar-refractivity contribution >= 4 is 11.8 Å². The number of benzene rings is 1. The summed E-state index contributed by atoms with van der Waals surface area (Å²) in [5.41, 5.74) is 3.22. The number of hydrogen-bond donors (Lipinski definition) is 2. The lowest BCUT2D eigenvalue weighted by atomic mass is 9.81. The topological polar surface area (TPSA) is 69.6 Å². The fraction of sp³-hybridized carbons (Fsp3) is 0.556. The highest BCUT2D eigenvalue weighted by atomic mass is 16.5. The molecule has 2 rings (SSSR count). The van der Waals surface area contributed by atoms with Crippen LogP contribution < -0.4 is 5.48 Å². The summed E-state index contributed by atoms with van der Waals surface area (Å²) < 4.78 is 0. The lowest BCUT2D eigenvalue weighted by Gasteiger charge is -2.30. The van der Waals surface area contributed by atoms with Gasteiger partial charge in [0.05, 0.1) is 5.41 Å². The zero-order chi connectivity index (χ0) is 17.2. The summed E-state index contributed by atoms with van der Waals surface area (Å²) in [6.07, 6.45) is 1.20. The molecule has 1 heterocycles. The number of rotatable bonds is 5. The molecule has 1 aliphatic heterocycles. The van der Waals surface area contributed by atoms with Crippen molar-refractivity contribution in [2.45, 2.75) is 52.0 Å². The van der Waals surface area contributed by atoms with Gasteiger partial charge in [0, 0.05) is 6.54 Å². The predicted octanol–water partition coefficient (Wildman–Crippen LogP) is 2.41. The molecule has 0 saturated carbocycles. The summed E-state index contributed by atoms with van der Waals surface area (Å²) in [6, 6.07) is 7.35. The largest absolute Gasteiger partial charge is 0.330 e. The van der Waals surface area contributed by atoms with Gasteiger partial charge >= 0.3 is 0 Å². The molecule has 0 bridgehead atoms. The van der Waals surface area contributed by atoms with Crippen LogP contribution >= 0.6 is 0 Å². The third kappa shape index (κ3) is 3.39. The van der Waals surface area contributed by atoms with E-state index in [0.29, 0.717) is 19.4 Å². The van der Waals surface area contributed by atoms with Gasteiger partial charge in [-0.25, -0.2) is 5.48 Å². The summed E-state index contributed by atoms with van der Waals surface area (Å²) >= 11 is 0. The molecule has 1 saturated heterocycles. The molecule has 2 amide bonds. The molecular formula is C18H26N2O3. The average molecular weight is 318 g/mol. The number of nitrogens with one attached hydrogen (secondary N) is 1. The zero-order valence-electron chi connectivity index (χ0n) is 14.3. The Kier molecular flexibility index (Phi) is 5.09. The molecule has 0 aromatic heterocycles. The molecular weight excluding hydrogens is 292 g/mol. The van der Waals surface area contributed by atoms with Gasteiger partial charge in [-0.15, -0.1) is 0 Å². The second-order valence-electron chi connectivity index (χ2n) is 7.07. The van der Waals surface area contributed by atoms with E-state index >= 15 is 0 Å². The molecule has 5 heteroatoms. The molecule has 0 aliphatic carbocycles. The Bertz CT molecular complexity index is 582. The molecule has 126 valence electrons. The van der Waals surface area contributed by atoms with E-state index in [1.807, 2.05) is 52.0 Å². The van der Waals surface area contributed by atoms with Gasteiger partial charge in [-0.05, 0) is 38.2 Å². The summed E-state index contributed by atoms with van der Waals surface area (Å²) in [7, 11) is 0. The number of carbonyl (C=O) groups excluding carboxylic acids is 2. The third-order valence-electron chi connectivity index (χ3n) is 4.76. The summed E-state index contributed by atoms with van der Waals surface area (Å²) in [6.45, 7) is 8.46. The molecule has 1 aliphatic rings. The molecule has 0 spiro atoms. The van der Waals surface area contributed by atoms with E-state index in [9.17, 15) is 9.59 Å². The van der Waals surface area contributed by atoms with E-state index < -0.39 is 17.4 Å². The van der Waals surface area contributed by atoms with E-state index in [-0.39, 0.29) is 11.8 Å². The van der Waals surface area contributed by atoms with Gasteiger partial charge in [-0.1, -0.05) is 43.7 Å². The molecule has 1 aromatic carbocycles. The Morgan fingerprint density at radius 1 is 1.35 bits per heavy atom. The minimum atomic E-state index is -0.625. The Morgan fingerprint density at radius 2 is 1.96 bits per heavy atom. The van der Waals surface area contributed by atoms with Crippen molar-refractivity contribution in [1.29, 1.82) is 0 Å². The summed E-state index contributed by atoms with van der Waals surface area (Å²) in [5.74, 6) is -0.313. The van der Waals surface area contributed by atoms with Crippen molar-refractivity contribution in [1.82, 2.24) is 10.4 Å². The highest BCUT2D eigenvalue weighted by Crippen LogP contribution is 2.37. The van der Waals surface area contributed by atoms with Crippen LogP contribution in [0.3, 0.4) is 0 Å². The molecule has 5 nitrogen and oxygen atoms in total. The van der Waals surface area contributed by atoms with Gasteiger partial charge in [0.25, 0.3) is 5.91 Å². The van der Waals surface area contributed by atoms with Gasteiger partial charge in [-0.3, -0.25) is 14.8 Å². The van der Waals surface area contributed by atoms with Crippen LogP contribution in [0.25, 0.3) is 0 Å². The molecule has 2 atom stereocenters. The quantitative estimate of drug-likeness (QED) is 0.647. The Morgan fingerprint density at radius 3 is 2.48 bits per heavy atom. The number of nitrogens with zero attached hydrogens (tertiary/aromatic N) is 1. The maximum absolute atomic E-state index is 13.0. The molecule has 2 N–H and O–H groups in total. The van der Waals surface area contributed by atoms with Crippen LogP contribution in [0, 0.1) is 12.8 Å². The Balaban J connectivity index is 2.28.